The van der Waals surface area contributed by atoms with Crippen molar-refractivity contribution >= 4 is 29.9 Å². The third-order valence-corrected chi connectivity index (χ3v) is 4.19. The maximum absolute atomic E-state index is 5.95. The molecule has 2 N–H and O–H groups in total. The number of halogens is 1. The Bertz CT molecular complexity index is 750. The van der Waals surface area contributed by atoms with Crippen LogP contribution in [0.15, 0.2) is 47.5 Å². The van der Waals surface area contributed by atoms with E-state index in [1.165, 1.54) is 16.7 Å². The fraction of sp³-hybridized carbons (Fsp3) is 0.409. The minimum absolute atomic E-state index is 0. The molecule has 2 aromatic carbocycles. The lowest BCUT2D eigenvalue weighted by Crippen LogP contribution is -2.36. The summed E-state index contributed by atoms with van der Waals surface area (Å²) in [7, 11) is 3.49. The number of hydrogen-bond acceptors (Lipinski definition) is 3. The average molecular weight is 497 g/mol. The van der Waals surface area contributed by atoms with Gasteiger partial charge in [0, 0.05) is 45.8 Å². The second-order valence-electron chi connectivity index (χ2n) is 6.57. The van der Waals surface area contributed by atoms with E-state index >= 15 is 0 Å². The van der Waals surface area contributed by atoms with Crippen LogP contribution in [0.5, 0.6) is 5.75 Å². The minimum Gasteiger partial charge on any atom is -0.493 e. The van der Waals surface area contributed by atoms with Crippen molar-refractivity contribution in [1.82, 2.24) is 10.6 Å². The minimum atomic E-state index is 0. The van der Waals surface area contributed by atoms with Crippen molar-refractivity contribution in [2.45, 2.75) is 33.4 Å². The number of benzene rings is 2. The van der Waals surface area contributed by atoms with Crippen LogP contribution in [0.4, 0.5) is 0 Å². The highest BCUT2D eigenvalue weighted by molar-refractivity contribution is 14.0. The predicted octanol–water partition coefficient (Wildman–Crippen LogP) is 4.20. The van der Waals surface area contributed by atoms with E-state index in [2.05, 4.69) is 71.9 Å². The number of nitrogens with one attached hydrogen (secondary N) is 2. The zero-order chi connectivity index (χ0) is 19.5. The molecule has 0 bridgehead atoms. The van der Waals surface area contributed by atoms with Crippen LogP contribution in [0.3, 0.4) is 0 Å². The SMILES string of the molecule is CN=C(NCc1cccc(C)c1)NCc1ccc(C)cc1OCCCOC.I. The van der Waals surface area contributed by atoms with Crippen LogP contribution in [0.25, 0.3) is 0 Å². The van der Waals surface area contributed by atoms with E-state index in [1.54, 1.807) is 14.2 Å². The quantitative estimate of drug-likeness (QED) is 0.236. The molecule has 2 rings (SSSR count). The molecule has 2 aromatic rings. The lowest BCUT2D eigenvalue weighted by atomic mass is 10.1. The molecule has 0 saturated carbocycles. The molecule has 0 spiro atoms. The molecule has 0 aliphatic rings. The Morgan fingerprint density at radius 2 is 1.71 bits per heavy atom. The first-order valence-corrected chi connectivity index (χ1v) is 9.33. The fourth-order valence-corrected chi connectivity index (χ4v) is 2.74. The van der Waals surface area contributed by atoms with Crippen LogP contribution in [0.1, 0.15) is 28.7 Å². The molecule has 0 radical (unpaired) electrons. The normalized spacial score (nSPS) is 10.9. The van der Waals surface area contributed by atoms with E-state index in [0.717, 1.165) is 30.2 Å². The van der Waals surface area contributed by atoms with Crippen LogP contribution in [0, 0.1) is 13.8 Å². The molecule has 6 heteroatoms. The molecule has 0 fully saturated rings. The summed E-state index contributed by atoms with van der Waals surface area (Å²) >= 11 is 0. The first kappa shape index (κ1) is 24.2. The van der Waals surface area contributed by atoms with Gasteiger partial charge in [0.15, 0.2) is 5.96 Å². The molecule has 0 atom stereocenters. The van der Waals surface area contributed by atoms with E-state index in [9.17, 15) is 0 Å². The van der Waals surface area contributed by atoms with Crippen molar-refractivity contribution in [3.63, 3.8) is 0 Å². The Morgan fingerprint density at radius 3 is 2.43 bits per heavy atom. The first-order chi connectivity index (χ1) is 13.1. The number of guanidine groups is 1. The van der Waals surface area contributed by atoms with Crippen molar-refractivity contribution in [2.24, 2.45) is 4.99 Å². The molecule has 0 aliphatic carbocycles. The van der Waals surface area contributed by atoms with Crippen LogP contribution in [-0.2, 0) is 17.8 Å². The molecule has 0 unspecified atom stereocenters. The predicted molar refractivity (Wildman–Crippen MR) is 127 cm³/mol. The molecule has 28 heavy (non-hydrogen) atoms. The van der Waals surface area contributed by atoms with Gasteiger partial charge in [-0.3, -0.25) is 4.99 Å². The van der Waals surface area contributed by atoms with Gasteiger partial charge in [-0.25, -0.2) is 0 Å². The third-order valence-electron chi connectivity index (χ3n) is 4.19. The Morgan fingerprint density at radius 1 is 0.964 bits per heavy atom. The smallest absolute Gasteiger partial charge is 0.191 e. The van der Waals surface area contributed by atoms with E-state index in [-0.39, 0.29) is 24.0 Å². The number of aryl methyl sites for hydroxylation is 2. The van der Waals surface area contributed by atoms with Crippen molar-refractivity contribution in [3.05, 3.63) is 64.7 Å². The Labute approximate surface area is 186 Å². The van der Waals surface area contributed by atoms with Gasteiger partial charge in [-0.1, -0.05) is 42.0 Å². The number of rotatable bonds is 9. The zero-order valence-corrected chi connectivity index (χ0v) is 19.6. The van der Waals surface area contributed by atoms with Gasteiger partial charge in [-0.15, -0.1) is 24.0 Å². The Kier molecular flexibility index (Phi) is 11.6. The number of nitrogens with zero attached hydrogens (tertiary/aromatic N) is 1. The van der Waals surface area contributed by atoms with Gasteiger partial charge in [0.2, 0.25) is 0 Å². The van der Waals surface area contributed by atoms with Gasteiger partial charge in [0.25, 0.3) is 0 Å². The second kappa shape index (κ2) is 13.4. The van der Waals surface area contributed by atoms with Crippen molar-refractivity contribution in [3.8, 4) is 5.75 Å². The number of hydrogen-bond donors (Lipinski definition) is 2. The van der Waals surface area contributed by atoms with Gasteiger partial charge < -0.3 is 20.1 Å². The van der Waals surface area contributed by atoms with E-state index < -0.39 is 0 Å². The van der Waals surface area contributed by atoms with Gasteiger partial charge in [-0.2, -0.15) is 0 Å². The number of ether oxygens (including phenoxy) is 2. The maximum atomic E-state index is 5.95. The lowest BCUT2D eigenvalue weighted by Gasteiger charge is -2.15. The van der Waals surface area contributed by atoms with Crippen LogP contribution < -0.4 is 15.4 Å². The number of aliphatic imine (C=N–C) groups is 1. The van der Waals surface area contributed by atoms with E-state index in [0.29, 0.717) is 19.8 Å². The highest BCUT2D eigenvalue weighted by atomic mass is 127. The Hall–Kier alpha value is -1.80. The summed E-state index contributed by atoms with van der Waals surface area (Å²) in [5.41, 5.74) is 4.78. The summed E-state index contributed by atoms with van der Waals surface area (Å²) in [4.78, 5) is 4.31. The highest BCUT2D eigenvalue weighted by Crippen LogP contribution is 2.20. The largest absolute Gasteiger partial charge is 0.493 e. The molecule has 154 valence electrons. The van der Waals surface area contributed by atoms with Crippen molar-refractivity contribution in [2.75, 3.05) is 27.4 Å². The van der Waals surface area contributed by atoms with Gasteiger partial charge in [-0.05, 0) is 31.0 Å². The summed E-state index contributed by atoms with van der Waals surface area (Å²) in [6.45, 7) is 6.90. The molecule has 0 saturated heterocycles. The van der Waals surface area contributed by atoms with Gasteiger partial charge >= 0.3 is 0 Å². The zero-order valence-electron chi connectivity index (χ0n) is 17.2. The first-order valence-electron chi connectivity index (χ1n) is 9.33. The van der Waals surface area contributed by atoms with Gasteiger partial charge in [0.1, 0.15) is 5.75 Å². The summed E-state index contributed by atoms with van der Waals surface area (Å²) < 4.78 is 11.0. The van der Waals surface area contributed by atoms with E-state index in [1.807, 2.05) is 0 Å². The molecular formula is C22H32IN3O2. The summed E-state index contributed by atoms with van der Waals surface area (Å²) in [5.74, 6) is 1.68. The summed E-state index contributed by atoms with van der Waals surface area (Å²) in [6, 6.07) is 14.7. The maximum Gasteiger partial charge on any atom is 0.191 e. The highest BCUT2D eigenvalue weighted by Gasteiger charge is 2.06. The molecular weight excluding hydrogens is 465 g/mol. The van der Waals surface area contributed by atoms with Crippen molar-refractivity contribution in [1.29, 1.82) is 0 Å². The molecule has 5 nitrogen and oxygen atoms in total. The summed E-state index contributed by atoms with van der Waals surface area (Å²) in [6.07, 6.45) is 0.872. The monoisotopic (exact) mass is 497 g/mol. The van der Waals surface area contributed by atoms with Crippen molar-refractivity contribution < 1.29 is 9.47 Å². The molecule has 0 heterocycles. The molecule has 0 aromatic heterocycles. The van der Waals surface area contributed by atoms with Crippen LogP contribution >= 0.6 is 24.0 Å². The average Bonchev–Trinajstić information content (AvgIpc) is 2.66. The fourth-order valence-electron chi connectivity index (χ4n) is 2.74. The second-order valence-corrected chi connectivity index (χ2v) is 6.57. The summed E-state index contributed by atoms with van der Waals surface area (Å²) in [5, 5.41) is 6.72. The molecule has 0 aliphatic heterocycles. The number of methoxy groups -OCH3 is 1. The van der Waals surface area contributed by atoms with Crippen LogP contribution in [0.2, 0.25) is 0 Å². The Balaban J connectivity index is 0.00000392. The molecule has 0 amide bonds. The van der Waals surface area contributed by atoms with E-state index in [4.69, 9.17) is 9.47 Å². The topological polar surface area (TPSA) is 54.9 Å². The third kappa shape index (κ3) is 8.48. The standard InChI is InChI=1S/C22H31N3O2.HI/c1-17-7-5-8-19(13-17)15-24-22(23-3)25-16-20-10-9-18(2)14-21(20)27-12-6-11-26-4;/h5,7-10,13-14H,6,11-12,15-16H2,1-4H3,(H2,23,24,25);1H. The lowest BCUT2D eigenvalue weighted by molar-refractivity contribution is 0.171. The van der Waals surface area contributed by atoms with Gasteiger partial charge in [0.05, 0.1) is 6.61 Å². The van der Waals surface area contributed by atoms with Crippen LogP contribution in [-0.4, -0.2) is 33.3 Å².